The second-order valence-corrected chi connectivity index (χ2v) is 3.46. The molecule has 0 aliphatic carbocycles. The zero-order valence-corrected chi connectivity index (χ0v) is 7.98. The van der Waals surface area contributed by atoms with Crippen molar-refractivity contribution in [1.82, 2.24) is 0 Å². The largest absolute Gasteiger partial charge is 0.383 e. The molecule has 2 rings (SSSR count). The van der Waals surface area contributed by atoms with Crippen molar-refractivity contribution >= 4 is 11.4 Å². The van der Waals surface area contributed by atoms with Gasteiger partial charge in [-0.1, -0.05) is 0 Å². The molecule has 14 heavy (non-hydrogen) atoms. The van der Waals surface area contributed by atoms with Crippen molar-refractivity contribution in [2.75, 3.05) is 30.4 Å². The predicted molar refractivity (Wildman–Crippen MR) is 52.7 cm³/mol. The molecule has 1 aromatic rings. The van der Waals surface area contributed by atoms with Crippen molar-refractivity contribution in [3.8, 4) is 0 Å². The van der Waals surface area contributed by atoms with E-state index in [1.807, 2.05) is 0 Å². The molecule has 1 aromatic carbocycles. The van der Waals surface area contributed by atoms with Gasteiger partial charge in [-0.2, -0.15) is 0 Å². The first-order valence-corrected chi connectivity index (χ1v) is 4.63. The fraction of sp³-hybridized carbons (Fsp3) is 0.400. The zero-order valence-electron chi connectivity index (χ0n) is 7.98. The van der Waals surface area contributed by atoms with E-state index in [1.54, 1.807) is 18.0 Å². The third kappa shape index (κ3) is 1.41. The van der Waals surface area contributed by atoms with Crippen LogP contribution in [0.2, 0.25) is 0 Å². The minimum absolute atomic E-state index is 0.336. The van der Waals surface area contributed by atoms with Crippen LogP contribution in [0.1, 0.15) is 6.42 Å². The van der Waals surface area contributed by atoms with Gasteiger partial charge in [-0.25, -0.2) is 8.78 Å². The van der Waals surface area contributed by atoms with Gasteiger partial charge in [0.15, 0.2) is 11.6 Å². The van der Waals surface area contributed by atoms with Crippen LogP contribution in [0.3, 0.4) is 0 Å². The summed E-state index contributed by atoms with van der Waals surface area (Å²) in [5, 5.41) is 3.08. The van der Waals surface area contributed by atoms with E-state index in [0.29, 0.717) is 11.4 Å². The van der Waals surface area contributed by atoms with Gasteiger partial charge < -0.3 is 10.2 Å². The lowest BCUT2D eigenvalue weighted by Crippen LogP contribution is -2.19. The van der Waals surface area contributed by atoms with Crippen LogP contribution in [0.15, 0.2) is 12.1 Å². The molecule has 0 radical (unpaired) electrons. The Morgan fingerprint density at radius 2 is 2.14 bits per heavy atom. The SMILES string of the molecule is CN1CCCNc2ccc(F)c(F)c21. The smallest absolute Gasteiger partial charge is 0.184 e. The van der Waals surface area contributed by atoms with E-state index >= 15 is 0 Å². The Bertz CT molecular complexity index is 352. The molecule has 1 heterocycles. The molecule has 0 bridgehead atoms. The molecule has 0 saturated carbocycles. The van der Waals surface area contributed by atoms with Crippen LogP contribution in [0.25, 0.3) is 0 Å². The maximum Gasteiger partial charge on any atom is 0.184 e. The third-order valence-corrected chi connectivity index (χ3v) is 2.44. The summed E-state index contributed by atoms with van der Waals surface area (Å²) in [5.74, 6) is -1.56. The quantitative estimate of drug-likeness (QED) is 0.687. The first kappa shape index (κ1) is 9.24. The molecule has 1 N–H and O–H groups in total. The number of hydrogen-bond donors (Lipinski definition) is 1. The van der Waals surface area contributed by atoms with Crippen LogP contribution < -0.4 is 10.2 Å². The summed E-state index contributed by atoms with van der Waals surface area (Å²) >= 11 is 0. The number of fused-ring (bicyclic) bond motifs is 1. The summed E-state index contributed by atoms with van der Waals surface area (Å²) < 4.78 is 26.4. The van der Waals surface area contributed by atoms with Crippen molar-refractivity contribution in [2.24, 2.45) is 0 Å². The van der Waals surface area contributed by atoms with Crippen LogP contribution in [0.5, 0.6) is 0 Å². The highest BCUT2D eigenvalue weighted by molar-refractivity contribution is 5.71. The molecule has 2 nitrogen and oxygen atoms in total. The van der Waals surface area contributed by atoms with Gasteiger partial charge in [0.25, 0.3) is 0 Å². The molecule has 0 aromatic heterocycles. The molecule has 0 amide bonds. The Morgan fingerprint density at radius 1 is 1.36 bits per heavy atom. The number of hydrogen-bond acceptors (Lipinski definition) is 2. The van der Waals surface area contributed by atoms with E-state index in [1.165, 1.54) is 0 Å². The van der Waals surface area contributed by atoms with Crippen LogP contribution in [-0.2, 0) is 0 Å². The molecule has 0 atom stereocenters. The Balaban J connectivity index is 2.54. The van der Waals surface area contributed by atoms with Crippen molar-refractivity contribution in [2.45, 2.75) is 6.42 Å². The molecule has 0 spiro atoms. The number of halogens is 2. The predicted octanol–water partition coefficient (Wildman–Crippen LogP) is 2.22. The molecular formula is C10H12F2N2. The van der Waals surface area contributed by atoms with Crippen LogP contribution >= 0.6 is 0 Å². The maximum atomic E-state index is 13.5. The topological polar surface area (TPSA) is 15.3 Å². The Kier molecular flexibility index (Phi) is 2.27. The van der Waals surface area contributed by atoms with E-state index in [2.05, 4.69) is 5.32 Å². The van der Waals surface area contributed by atoms with Gasteiger partial charge in [0, 0.05) is 20.1 Å². The van der Waals surface area contributed by atoms with Crippen LogP contribution in [-0.4, -0.2) is 20.1 Å². The Hall–Kier alpha value is -1.32. The van der Waals surface area contributed by atoms with E-state index in [-0.39, 0.29) is 0 Å². The van der Waals surface area contributed by atoms with E-state index in [0.717, 1.165) is 25.6 Å². The average Bonchev–Trinajstić information content (AvgIpc) is 2.35. The lowest BCUT2D eigenvalue weighted by Gasteiger charge is -2.19. The highest BCUT2D eigenvalue weighted by Gasteiger charge is 2.18. The second-order valence-electron chi connectivity index (χ2n) is 3.46. The third-order valence-electron chi connectivity index (χ3n) is 2.44. The minimum Gasteiger partial charge on any atom is -0.383 e. The van der Waals surface area contributed by atoms with Gasteiger partial charge in [0.2, 0.25) is 0 Å². The van der Waals surface area contributed by atoms with Gasteiger partial charge in [-0.05, 0) is 18.6 Å². The number of rotatable bonds is 0. The van der Waals surface area contributed by atoms with Gasteiger partial charge in [-0.15, -0.1) is 0 Å². The van der Waals surface area contributed by atoms with Gasteiger partial charge >= 0.3 is 0 Å². The standard InChI is InChI=1S/C10H12F2N2/c1-14-6-2-5-13-8-4-3-7(11)9(12)10(8)14/h3-4,13H,2,5-6H2,1H3. The number of nitrogens with zero attached hydrogens (tertiary/aromatic N) is 1. The van der Waals surface area contributed by atoms with Crippen molar-refractivity contribution in [3.63, 3.8) is 0 Å². The second kappa shape index (κ2) is 3.44. The van der Waals surface area contributed by atoms with E-state index < -0.39 is 11.6 Å². The molecule has 0 fully saturated rings. The molecule has 76 valence electrons. The Labute approximate surface area is 81.5 Å². The van der Waals surface area contributed by atoms with E-state index in [9.17, 15) is 8.78 Å². The first-order chi connectivity index (χ1) is 6.70. The summed E-state index contributed by atoms with van der Waals surface area (Å²) in [6, 6.07) is 2.73. The van der Waals surface area contributed by atoms with Gasteiger partial charge in [0.1, 0.15) is 0 Å². The van der Waals surface area contributed by atoms with Crippen molar-refractivity contribution < 1.29 is 8.78 Å². The molecule has 1 aliphatic heterocycles. The van der Waals surface area contributed by atoms with Crippen LogP contribution in [0, 0.1) is 11.6 Å². The lowest BCUT2D eigenvalue weighted by molar-refractivity contribution is 0.508. The normalized spacial score (nSPS) is 15.8. The Morgan fingerprint density at radius 3 is 2.93 bits per heavy atom. The van der Waals surface area contributed by atoms with Crippen LogP contribution in [0.4, 0.5) is 20.2 Å². The molecule has 1 aliphatic rings. The fourth-order valence-corrected chi connectivity index (χ4v) is 1.71. The summed E-state index contributed by atoms with van der Waals surface area (Å²) in [6.45, 7) is 1.53. The fourth-order valence-electron chi connectivity index (χ4n) is 1.71. The number of benzene rings is 1. The minimum atomic E-state index is -0.792. The lowest BCUT2D eigenvalue weighted by atomic mass is 10.2. The monoisotopic (exact) mass is 198 g/mol. The van der Waals surface area contributed by atoms with E-state index in [4.69, 9.17) is 0 Å². The first-order valence-electron chi connectivity index (χ1n) is 4.63. The summed E-state index contributed by atoms with van der Waals surface area (Å²) in [7, 11) is 1.77. The summed E-state index contributed by atoms with van der Waals surface area (Å²) in [5.41, 5.74) is 1.01. The molecule has 0 saturated heterocycles. The molecular weight excluding hydrogens is 186 g/mol. The molecule has 4 heteroatoms. The van der Waals surface area contributed by atoms with Crippen molar-refractivity contribution in [3.05, 3.63) is 23.8 Å². The zero-order chi connectivity index (χ0) is 10.1. The summed E-state index contributed by atoms with van der Waals surface area (Å²) in [6.07, 6.45) is 0.923. The van der Waals surface area contributed by atoms with Gasteiger partial charge in [0.05, 0.1) is 11.4 Å². The van der Waals surface area contributed by atoms with Crippen molar-refractivity contribution in [1.29, 1.82) is 0 Å². The average molecular weight is 198 g/mol. The highest BCUT2D eigenvalue weighted by Crippen LogP contribution is 2.31. The van der Waals surface area contributed by atoms with Gasteiger partial charge in [-0.3, -0.25) is 0 Å². The molecule has 0 unspecified atom stereocenters. The maximum absolute atomic E-state index is 13.5. The summed E-state index contributed by atoms with van der Waals surface area (Å²) in [4.78, 5) is 1.74. The number of anilines is 2. The highest BCUT2D eigenvalue weighted by atomic mass is 19.2. The number of nitrogens with one attached hydrogen (secondary N) is 1.